The molecule has 1 rings (SSSR count). The van der Waals surface area contributed by atoms with Gasteiger partial charge < -0.3 is 68.3 Å². The van der Waals surface area contributed by atoms with Crippen LogP contribution in [0.4, 0.5) is 0 Å². The zero-order valence-electron chi connectivity index (χ0n) is 55.7. The quantitative estimate of drug-likeness (QED) is 0.0390. The van der Waals surface area contributed by atoms with Gasteiger partial charge in [0.05, 0.1) is 12.7 Å². The topological polar surface area (TPSA) is 352 Å². The van der Waals surface area contributed by atoms with Crippen LogP contribution in [0, 0.1) is 23.7 Å². The van der Waals surface area contributed by atoms with Gasteiger partial charge in [0.25, 0.3) is 0 Å². The number of ketones is 1. The number of nitrogens with one attached hydrogen (secondary N) is 10. The Balaban J connectivity index is 3.42. The highest BCUT2D eigenvalue weighted by Crippen LogP contribution is 2.23. The van der Waals surface area contributed by atoms with Crippen molar-refractivity contribution in [2.45, 2.75) is 279 Å². The first-order valence-corrected chi connectivity index (χ1v) is 32.1. The van der Waals surface area contributed by atoms with Crippen molar-refractivity contribution in [2.24, 2.45) is 23.7 Å². The van der Waals surface area contributed by atoms with Gasteiger partial charge >= 0.3 is 0 Å². The molecule has 0 aromatic heterocycles. The molecule has 24 heteroatoms. The second-order valence-corrected chi connectivity index (χ2v) is 26.7. The molecule has 500 valence electrons. The van der Waals surface area contributed by atoms with Crippen LogP contribution in [0.25, 0.3) is 0 Å². The molecular weight excluding hydrogens is 1120 g/mol. The Labute approximate surface area is 519 Å². The summed E-state index contributed by atoms with van der Waals surface area (Å²) in [6.07, 6.45) is 6.33. The van der Waals surface area contributed by atoms with E-state index >= 15 is 0 Å². The summed E-state index contributed by atoms with van der Waals surface area (Å²) in [4.78, 5) is 152. The van der Waals surface area contributed by atoms with Crippen molar-refractivity contribution < 1.29 is 63.0 Å². The molecule has 10 amide bonds. The van der Waals surface area contributed by atoms with Crippen LogP contribution < -0.4 is 53.2 Å². The molecule has 0 aromatic rings. The average Bonchev–Trinajstić information content (AvgIpc) is 3.31. The molecule has 0 aliphatic carbocycles. The number of hydrogen-bond donors (Lipinski definition) is 12. The predicted octanol–water partition coefficient (Wildman–Crippen LogP) is 3.23. The fourth-order valence-corrected chi connectivity index (χ4v) is 10.3. The summed E-state index contributed by atoms with van der Waals surface area (Å²) in [7, 11) is 0. The molecule has 1 heterocycles. The third-order valence-electron chi connectivity index (χ3n) is 15.4. The van der Waals surface area contributed by atoms with Crippen LogP contribution in [-0.2, 0) is 52.7 Å². The summed E-state index contributed by atoms with van der Waals surface area (Å²) in [5.41, 5.74) is -5.03. The van der Waals surface area contributed by atoms with E-state index in [2.05, 4.69) is 60.1 Å². The summed E-state index contributed by atoms with van der Waals surface area (Å²) in [5.74, 6) is -6.63. The molecular formula is C63H115N11O13. The summed E-state index contributed by atoms with van der Waals surface area (Å²) >= 11 is 0. The van der Waals surface area contributed by atoms with Crippen LogP contribution in [-0.4, -0.2) is 172 Å². The summed E-state index contributed by atoms with van der Waals surface area (Å²) in [6, 6.07) is -5.68. The Bertz CT molecular complexity index is 2240. The van der Waals surface area contributed by atoms with Gasteiger partial charge in [0.15, 0.2) is 0 Å². The molecule has 1 aliphatic heterocycles. The number of carbonyl (C=O) groups excluding carboxylic acids is 11. The fraction of sp³-hybridized carbons (Fsp3) is 0.825. The molecule has 24 nitrogen and oxygen atoms in total. The smallest absolute Gasteiger partial charge is 0.246 e. The van der Waals surface area contributed by atoms with Gasteiger partial charge in [-0.3, -0.25) is 52.7 Å². The number of carbonyl (C=O) groups is 11. The molecule has 0 radical (unpaired) electrons. The van der Waals surface area contributed by atoms with Gasteiger partial charge in [-0.15, -0.1) is 0 Å². The van der Waals surface area contributed by atoms with Crippen LogP contribution >= 0.6 is 0 Å². The van der Waals surface area contributed by atoms with E-state index in [0.29, 0.717) is 38.9 Å². The van der Waals surface area contributed by atoms with Gasteiger partial charge in [-0.05, 0) is 124 Å². The Morgan fingerprint density at radius 3 is 1.62 bits per heavy atom. The van der Waals surface area contributed by atoms with E-state index < -0.39 is 106 Å². The number of unbranched alkanes of at least 4 members (excludes halogenated alkanes) is 3. The standard InChI is InChI=1S/C63H115N11O13/c1-17-20-21-22-25-41(8)35-48(54(81)67-47(33-40(6)7)55(82)71-61(11,12)58(85)69-46(32-39(4)5)53(80)65-28-27-51(78)66-43(10)38-64-29-31-75)70-59(86)62(13,14)73-60(87)63(15,16)72-56(83)49(36-42(9)34-45(77)37-44(76)19-3)68-57(84)50-26-23-30-74(50)52(79)24-18-2/h39-43,45-50,64,75,77H,17-38H2,1-16H3,(H,65,80)(H,66,78)(H,67,81)(H,68,84)(H,69,85)(H,70,86)(H,71,82)(H,72,83)(H,73,87)/t41-,42-,43+,45-,46+,47+,48+,49+,50+/m1/s1. The van der Waals surface area contributed by atoms with Gasteiger partial charge in [0, 0.05) is 57.9 Å². The van der Waals surface area contributed by atoms with E-state index in [0.717, 1.165) is 32.1 Å². The lowest BCUT2D eigenvalue weighted by Gasteiger charge is -2.35. The van der Waals surface area contributed by atoms with E-state index in [1.165, 1.54) is 46.4 Å². The normalized spacial score (nSPS) is 16.5. The summed E-state index contributed by atoms with van der Waals surface area (Å²) in [5, 5.41) is 47.8. The molecule has 12 N–H and O–H groups in total. The van der Waals surface area contributed by atoms with E-state index in [4.69, 9.17) is 5.11 Å². The fourth-order valence-electron chi connectivity index (χ4n) is 10.3. The number of amides is 10. The highest BCUT2D eigenvalue weighted by Gasteiger charge is 2.42. The van der Waals surface area contributed by atoms with E-state index in [1.807, 2.05) is 41.5 Å². The molecule has 0 saturated carbocycles. The number of likely N-dealkylation sites (tertiary alicyclic amines) is 1. The molecule has 0 aromatic carbocycles. The van der Waals surface area contributed by atoms with Gasteiger partial charge in [0.1, 0.15) is 52.6 Å². The lowest BCUT2D eigenvalue weighted by Crippen LogP contribution is -2.66. The van der Waals surface area contributed by atoms with E-state index in [1.54, 1.807) is 20.8 Å². The number of rotatable bonds is 43. The van der Waals surface area contributed by atoms with Gasteiger partial charge in [-0.25, -0.2) is 0 Å². The van der Waals surface area contributed by atoms with E-state index in [9.17, 15) is 57.8 Å². The van der Waals surface area contributed by atoms with Crippen molar-refractivity contribution in [1.29, 1.82) is 0 Å². The number of nitrogens with zero attached hydrogens (tertiary/aromatic N) is 1. The first-order valence-electron chi connectivity index (χ1n) is 32.1. The molecule has 87 heavy (non-hydrogen) atoms. The summed E-state index contributed by atoms with van der Waals surface area (Å²) in [6.45, 7) is 28.5. The number of aliphatic hydroxyl groups is 2. The van der Waals surface area contributed by atoms with Crippen LogP contribution in [0.15, 0.2) is 0 Å². The second kappa shape index (κ2) is 39.3. The molecule has 0 bridgehead atoms. The first-order chi connectivity index (χ1) is 40.5. The zero-order chi connectivity index (χ0) is 66.4. The molecule has 1 aliphatic rings. The van der Waals surface area contributed by atoms with Gasteiger partial charge in [-0.2, -0.15) is 0 Å². The van der Waals surface area contributed by atoms with Gasteiger partial charge in [0.2, 0.25) is 59.1 Å². The molecule has 0 spiro atoms. The Morgan fingerprint density at radius 1 is 0.552 bits per heavy atom. The van der Waals surface area contributed by atoms with Crippen LogP contribution in [0.2, 0.25) is 0 Å². The van der Waals surface area contributed by atoms with Crippen molar-refractivity contribution in [3.63, 3.8) is 0 Å². The highest BCUT2D eigenvalue weighted by atomic mass is 16.3. The van der Waals surface area contributed by atoms with Crippen LogP contribution in [0.3, 0.4) is 0 Å². The molecule has 9 atom stereocenters. The van der Waals surface area contributed by atoms with Crippen molar-refractivity contribution >= 4 is 64.9 Å². The second-order valence-electron chi connectivity index (χ2n) is 26.7. The van der Waals surface area contributed by atoms with E-state index in [-0.39, 0.29) is 112 Å². The Kier molecular flexibility index (Phi) is 35.8. The number of Topliss-reactive ketones (excluding diaryl/α,β-unsaturated/α-hetero) is 1. The highest BCUT2D eigenvalue weighted by molar-refractivity contribution is 6.00. The molecule has 1 saturated heterocycles. The molecule has 1 fully saturated rings. The van der Waals surface area contributed by atoms with Crippen molar-refractivity contribution in [3.8, 4) is 0 Å². The lowest BCUT2D eigenvalue weighted by atomic mass is 9.92. The lowest BCUT2D eigenvalue weighted by molar-refractivity contribution is -0.141. The average molecular weight is 1230 g/mol. The maximum absolute atomic E-state index is 14.6. The minimum Gasteiger partial charge on any atom is -0.395 e. The zero-order valence-corrected chi connectivity index (χ0v) is 55.7. The summed E-state index contributed by atoms with van der Waals surface area (Å²) < 4.78 is 0. The number of hydrogen-bond acceptors (Lipinski definition) is 14. The largest absolute Gasteiger partial charge is 0.395 e. The SMILES string of the molecule is CCCCCC[C@@H](C)C[C@H](NC(=O)C(C)(C)NC(=O)C(C)(C)NC(=O)[C@H](C[C@H](C)C[C@@H](O)CC(=O)CC)NC(=O)[C@@H]1CCCN1C(=O)CCC)C(=O)N[C@@H](CC(C)C)C(=O)NC(C)(C)C(=O)N[C@@H](CC(C)C)C(=O)NCCC(=O)N[C@@H](C)CNCCO. The molecule has 0 unspecified atom stereocenters. The maximum Gasteiger partial charge on any atom is 0.246 e. The third kappa shape index (κ3) is 30.3. The Hall–Kier alpha value is -5.75. The van der Waals surface area contributed by atoms with Crippen molar-refractivity contribution in [2.75, 3.05) is 32.8 Å². The van der Waals surface area contributed by atoms with Crippen LogP contribution in [0.1, 0.15) is 220 Å². The Morgan fingerprint density at radius 2 is 1.08 bits per heavy atom. The first kappa shape index (κ1) is 79.3. The monoisotopic (exact) mass is 1230 g/mol. The predicted molar refractivity (Wildman–Crippen MR) is 335 cm³/mol. The minimum atomic E-state index is -1.71. The van der Waals surface area contributed by atoms with Crippen LogP contribution in [0.5, 0.6) is 0 Å². The van der Waals surface area contributed by atoms with Crippen molar-refractivity contribution in [3.05, 3.63) is 0 Å². The van der Waals surface area contributed by atoms with Gasteiger partial charge in [-0.1, -0.05) is 94.4 Å². The number of aliphatic hydroxyl groups excluding tert-OH is 2. The maximum atomic E-state index is 14.6. The third-order valence-corrected chi connectivity index (χ3v) is 15.4. The van der Waals surface area contributed by atoms with Crippen molar-refractivity contribution in [1.82, 2.24) is 58.1 Å². The minimum absolute atomic E-state index is 0.000749.